The van der Waals surface area contributed by atoms with E-state index in [4.69, 9.17) is 14.6 Å². The molecular formula is C15H19BN2O3. The third kappa shape index (κ3) is 3.16. The summed E-state index contributed by atoms with van der Waals surface area (Å²) in [7, 11) is -0.618. The average molecular weight is 286 g/mol. The van der Waals surface area contributed by atoms with Crippen LogP contribution in [0.2, 0.25) is 0 Å². The van der Waals surface area contributed by atoms with Gasteiger partial charge in [0.25, 0.3) is 0 Å². The molecule has 2 rings (SSSR count). The fourth-order valence-corrected chi connectivity index (χ4v) is 1.97. The Morgan fingerprint density at radius 2 is 1.95 bits per heavy atom. The monoisotopic (exact) mass is 286 g/mol. The molecule has 0 saturated carbocycles. The molecule has 0 radical (unpaired) electrons. The van der Waals surface area contributed by atoms with E-state index in [0.717, 1.165) is 0 Å². The van der Waals surface area contributed by atoms with Gasteiger partial charge in [-0.15, -0.1) is 0 Å². The number of pyridine rings is 1. The van der Waals surface area contributed by atoms with Crippen molar-refractivity contribution in [2.45, 2.75) is 38.9 Å². The number of aromatic nitrogens is 1. The minimum Gasteiger partial charge on any atom is -0.400 e. The minimum absolute atomic E-state index is 0.199. The summed E-state index contributed by atoms with van der Waals surface area (Å²) in [6.07, 6.45) is 1.70. The second-order valence-electron chi connectivity index (χ2n) is 6.03. The molecule has 0 amide bonds. The standard InChI is InChI=1S/C15H19BN2O3/c1-14(2)15(3,4)21-16(20-14)11(10-19)8-12-6-5-7-13(9-17)18-12/h5-8,19H,10H2,1-4H3. The fraction of sp³-hybridized carbons (Fsp3) is 0.467. The van der Waals surface area contributed by atoms with Crippen molar-refractivity contribution in [1.82, 2.24) is 4.98 Å². The zero-order valence-corrected chi connectivity index (χ0v) is 12.8. The Hall–Kier alpha value is -1.68. The van der Waals surface area contributed by atoms with E-state index in [-0.39, 0.29) is 6.61 Å². The van der Waals surface area contributed by atoms with Crippen LogP contribution >= 0.6 is 0 Å². The predicted octanol–water partition coefficient (Wildman–Crippen LogP) is 1.96. The van der Waals surface area contributed by atoms with Gasteiger partial charge in [-0.2, -0.15) is 5.26 Å². The summed E-state index contributed by atoms with van der Waals surface area (Å²) in [6, 6.07) is 7.13. The van der Waals surface area contributed by atoms with Gasteiger partial charge in [0.2, 0.25) is 0 Å². The molecule has 0 bridgehead atoms. The van der Waals surface area contributed by atoms with E-state index in [2.05, 4.69) is 4.98 Å². The number of aliphatic hydroxyl groups excluding tert-OH is 1. The number of nitrogens with zero attached hydrogens (tertiary/aromatic N) is 2. The van der Waals surface area contributed by atoms with Crippen molar-refractivity contribution in [3.05, 3.63) is 35.1 Å². The van der Waals surface area contributed by atoms with Crippen molar-refractivity contribution in [1.29, 1.82) is 5.26 Å². The second kappa shape index (κ2) is 5.61. The molecule has 1 aliphatic heterocycles. The largest absolute Gasteiger partial charge is 0.492 e. The molecule has 0 aliphatic carbocycles. The van der Waals surface area contributed by atoms with E-state index in [0.29, 0.717) is 16.9 Å². The van der Waals surface area contributed by atoms with Crippen LogP contribution in [0, 0.1) is 11.3 Å². The summed E-state index contributed by atoms with van der Waals surface area (Å²) in [4.78, 5) is 4.16. The Labute approximate surface area is 125 Å². The molecule has 6 heteroatoms. The Bertz CT molecular complexity index is 589. The smallest absolute Gasteiger partial charge is 0.400 e. The van der Waals surface area contributed by atoms with Gasteiger partial charge in [0.15, 0.2) is 0 Å². The third-order valence-corrected chi connectivity index (χ3v) is 3.96. The highest BCUT2D eigenvalue weighted by molar-refractivity contribution is 6.55. The van der Waals surface area contributed by atoms with Crippen molar-refractivity contribution in [3.63, 3.8) is 0 Å². The minimum atomic E-state index is -0.618. The molecule has 1 aromatic heterocycles. The third-order valence-electron chi connectivity index (χ3n) is 3.96. The van der Waals surface area contributed by atoms with Crippen LogP contribution in [0.5, 0.6) is 0 Å². The topological polar surface area (TPSA) is 75.4 Å². The number of rotatable bonds is 3. The van der Waals surface area contributed by atoms with Crippen LogP contribution in [0.1, 0.15) is 39.1 Å². The van der Waals surface area contributed by atoms with Gasteiger partial charge < -0.3 is 14.4 Å². The van der Waals surface area contributed by atoms with E-state index in [1.165, 1.54) is 0 Å². The first-order valence-corrected chi connectivity index (χ1v) is 6.83. The summed E-state index contributed by atoms with van der Waals surface area (Å²) in [6.45, 7) is 7.62. The molecule has 110 valence electrons. The first kappa shape index (κ1) is 15.7. The highest BCUT2D eigenvalue weighted by atomic mass is 16.7. The maximum Gasteiger partial charge on any atom is 0.492 e. The SMILES string of the molecule is CC1(C)OB(C(=Cc2cccc(C#N)n2)CO)OC1(C)C. The molecule has 1 fully saturated rings. The molecular weight excluding hydrogens is 267 g/mol. The second-order valence-corrected chi connectivity index (χ2v) is 6.03. The average Bonchev–Trinajstić information content (AvgIpc) is 2.65. The van der Waals surface area contributed by atoms with Gasteiger partial charge in [0.1, 0.15) is 11.8 Å². The van der Waals surface area contributed by atoms with Crippen LogP contribution in [0.4, 0.5) is 0 Å². The van der Waals surface area contributed by atoms with Crippen LogP contribution in [0.3, 0.4) is 0 Å². The molecule has 1 aromatic rings. The van der Waals surface area contributed by atoms with Gasteiger partial charge >= 0.3 is 7.12 Å². The van der Waals surface area contributed by atoms with E-state index < -0.39 is 18.3 Å². The predicted molar refractivity (Wildman–Crippen MR) is 80.1 cm³/mol. The van der Waals surface area contributed by atoms with E-state index in [9.17, 15) is 5.11 Å². The molecule has 0 unspecified atom stereocenters. The summed E-state index contributed by atoms with van der Waals surface area (Å²) in [5.41, 5.74) is 0.570. The molecule has 0 spiro atoms. The van der Waals surface area contributed by atoms with Crippen LogP contribution < -0.4 is 0 Å². The highest BCUT2D eigenvalue weighted by Crippen LogP contribution is 2.38. The number of hydrogen-bond acceptors (Lipinski definition) is 5. The molecule has 2 heterocycles. The maximum absolute atomic E-state index is 9.59. The van der Waals surface area contributed by atoms with Crippen molar-refractivity contribution in [3.8, 4) is 6.07 Å². The van der Waals surface area contributed by atoms with Crippen LogP contribution in [-0.4, -0.2) is 35.0 Å². The van der Waals surface area contributed by atoms with Gasteiger partial charge in [-0.25, -0.2) is 4.98 Å². The Morgan fingerprint density at radius 3 is 2.48 bits per heavy atom. The molecule has 5 nitrogen and oxygen atoms in total. The van der Waals surface area contributed by atoms with Crippen LogP contribution in [0.15, 0.2) is 23.7 Å². The lowest BCUT2D eigenvalue weighted by molar-refractivity contribution is 0.00578. The lowest BCUT2D eigenvalue weighted by Crippen LogP contribution is -2.41. The molecule has 21 heavy (non-hydrogen) atoms. The van der Waals surface area contributed by atoms with Crippen LogP contribution in [0.25, 0.3) is 6.08 Å². The Kier molecular flexibility index (Phi) is 4.19. The first-order chi connectivity index (χ1) is 9.79. The number of aliphatic hydroxyl groups is 1. The summed E-state index contributed by atoms with van der Waals surface area (Å²) in [5, 5.41) is 18.5. The molecule has 1 aliphatic rings. The van der Waals surface area contributed by atoms with Crippen molar-refractivity contribution in [2.24, 2.45) is 0 Å². The summed E-state index contributed by atoms with van der Waals surface area (Å²) >= 11 is 0. The zero-order chi connectivity index (χ0) is 15.7. The lowest BCUT2D eigenvalue weighted by Gasteiger charge is -2.32. The number of nitriles is 1. The van der Waals surface area contributed by atoms with E-state index in [1.54, 1.807) is 24.3 Å². The quantitative estimate of drug-likeness (QED) is 0.860. The molecule has 0 aromatic carbocycles. The first-order valence-electron chi connectivity index (χ1n) is 6.83. The number of hydrogen-bond donors (Lipinski definition) is 1. The van der Waals surface area contributed by atoms with Gasteiger partial charge in [0, 0.05) is 0 Å². The zero-order valence-electron chi connectivity index (χ0n) is 12.8. The van der Waals surface area contributed by atoms with Gasteiger partial charge in [0.05, 0.1) is 23.5 Å². The Morgan fingerprint density at radius 1 is 1.33 bits per heavy atom. The van der Waals surface area contributed by atoms with Gasteiger partial charge in [-0.05, 0) is 51.4 Å². The van der Waals surface area contributed by atoms with Crippen molar-refractivity contribution >= 4 is 13.2 Å². The normalized spacial score (nSPS) is 20.4. The lowest BCUT2D eigenvalue weighted by atomic mass is 9.78. The molecule has 0 atom stereocenters. The Balaban J connectivity index is 2.29. The van der Waals surface area contributed by atoms with Crippen LogP contribution in [-0.2, 0) is 9.31 Å². The van der Waals surface area contributed by atoms with Gasteiger partial charge in [-0.3, -0.25) is 0 Å². The summed E-state index contributed by atoms with van der Waals surface area (Å²) in [5.74, 6) is 0. The summed E-state index contributed by atoms with van der Waals surface area (Å²) < 4.78 is 11.8. The van der Waals surface area contributed by atoms with Crippen molar-refractivity contribution in [2.75, 3.05) is 6.61 Å². The molecule has 1 saturated heterocycles. The maximum atomic E-state index is 9.59. The highest BCUT2D eigenvalue weighted by Gasteiger charge is 2.52. The van der Waals surface area contributed by atoms with E-state index >= 15 is 0 Å². The molecule has 1 N–H and O–H groups in total. The van der Waals surface area contributed by atoms with Crippen molar-refractivity contribution < 1.29 is 14.4 Å². The fourth-order valence-electron chi connectivity index (χ4n) is 1.97. The van der Waals surface area contributed by atoms with E-state index in [1.807, 2.05) is 33.8 Å². The van der Waals surface area contributed by atoms with Gasteiger partial charge in [-0.1, -0.05) is 6.07 Å².